The summed E-state index contributed by atoms with van der Waals surface area (Å²) in [4.78, 5) is 5.96. The summed E-state index contributed by atoms with van der Waals surface area (Å²) in [7, 11) is 0. The van der Waals surface area contributed by atoms with Crippen molar-refractivity contribution in [2.45, 2.75) is 25.4 Å². The van der Waals surface area contributed by atoms with Gasteiger partial charge in [-0.3, -0.25) is 0 Å². The zero-order valence-corrected chi connectivity index (χ0v) is 10.7. The molecular formula is C11H12BrF3N2. The molecule has 1 aliphatic rings. The summed E-state index contributed by atoms with van der Waals surface area (Å²) in [5, 5.41) is 0. The monoisotopic (exact) mass is 308 g/mol. The molecule has 17 heavy (non-hydrogen) atoms. The molecule has 0 bridgehead atoms. The lowest BCUT2D eigenvalue weighted by Crippen LogP contribution is -2.30. The predicted octanol–water partition coefficient (Wildman–Crippen LogP) is 3.85. The molecule has 0 radical (unpaired) electrons. The largest absolute Gasteiger partial charge is 0.417 e. The molecule has 2 nitrogen and oxygen atoms in total. The molecule has 0 aliphatic carbocycles. The van der Waals surface area contributed by atoms with Crippen molar-refractivity contribution < 1.29 is 13.2 Å². The van der Waals surface area contributed by atoms with Crippen molar-refractivity contribution in [1.29, 1.82) is 0 Å². The lowest BCUT2D eigenvalue weighted by Gasteiger charge is -2.28. The normalized spacial score (nSPS) is 17.3. The fourth-order valence-corrected chi connectivity index (χ4v) is 2.38. The Hall–Kier alpha value is -0.780. The molecular weight excluding hydrogens is 297 g/mol. The van der Waals surface area contributed by atoms with Crippen molar-refractivity contribution >= 4 is 21.7 Å². The summed E-state index contributed by atoms with van der Waals surface area (Å²) in [6, 6.07) is 1.12. The maximum atomic E-state index is 12.7. The number of pyridine rings is 1. The molecule has 2 rings (SSSR count). The highest BCUT2D eigenvalue weighted by atomic mass is 79.9. The van der Waals surface area contributed by atoms with Gasteiger partial charge in [0.2, 0.25) is 0 Å². The van der Waals surface area contributed by atoms with Gasteiger partial charge in [0.25, 0.3) is 0 Å². The van der Waals surface area contributed by atoms with E-state index in [0.29, 0.717) is 5.82 Å². The molecule has 1 aliphatic heterocycles. The van der Waals surface area contributed by atoms with Crippen LogP contribution < -0.4 is 4.90 Å². The molecule has 0 amide bonds. The van der Waals surface area contributed by atoms with Gasteiger partial charge in [-0.2, -0.15) is 13.2 Å². The Balaban J connectivity index is 2.30. The number of halogens is 4. The zero-order valence-electron chi connectivity index (χ0n) is 9.10. The molecule has 0 atom stereocenters. The van der Waals surface area contributed by atoms with Crippen molar-refractivity contribution in [2.24, 2.45) is 0 Å². The minimum Gasteiger partial charge on any atom is -0.357 e. The average Bonchev–Trinajstić information content (AvgIpc) is 2.29. The number of hydrogen-bond acceptors (Lipinski definition) is 2. The number of alkyl halides is 3. The first-order chi connectivity index (χ1) is 7.98. The second-order valence-electron chi connectivity index (χ2n) is 4.07. The van der Waals surface area contributed by atoms with Crippen LogP contribution >= 0.6 is 15.9 Å². The van der Waals surface area contributed by atoms with Crippen LogP contribution in [0.1, 0.15) is 24.8 Å². The third-order valence-corrected chi connectivity index (χ3v) is 3.46. The zero-order chi connectivity index (χ0) is 12.5. The molecule has 6 heteroatoms. The molecule has 0 N–H and O–H groups in total. The Labute approximate surface area is 106 Å². The summed E-state index contributed by atoms with van der Waals surface area (Å²) in [6.07, 6.45) is 0.0520. The smallest absolute Gasteiger partial charge is 0.357 e. The molecule has 2 heterocycles. The fourth-order valence-electron chi connectivity index (χ4n) is 1.94. The first-order valence-corrected chi connectivity index (χ1v) is 6.25. The van der Waals surface area contributed by atoms with Crippen molar-refractivity contribution in [3.63, 3.8) is 0 Å². The summed E-state index contributed by atoms with van der Waals surface area (Å²) in [5.41, 5.74) is -0.659. The van der Waals surface area contributed by atoms with Gasteiger partial charge in [-0.05, 0) is 41.3 Å². The third kappa shape index (κ3) is 2.91. The quantitative estimate of drug-likeness (QED) is 0.783. The van der Waals surface area contributed by atoms with Crippen molar-refractivity contribution in [3.8, 4) is 0 Å². The number of nitrogens with zero attached hydrogens (tertiary/aromatic N) is 2. The summed E-state index contributed by atoms with van der Waals surface area (Å²) >= 11 is 2.89. The van der Waals surface area contributed by atoms with Crippen LogP contribution in [0.3, 0.4) is 0 Å². The van der Waals surface area contributed by atoms with E-state index < -0.39 is 11.7 Å². The molecule has 1 aromatic rings. The van der Waals surface area contributed by atoms with Gasteiger partial charge < -0.3 is 4.90 Å². The van der Waals surface area contributed by atoms with Crippen LogP contribution in [-0.2, 0) is 6.18 Å². The highest BCUT2D eigenvalue weighted by Crippen LogP contribution is 2.36. The molecule has 94 valence electrons. The molecule has 1 saturated heterocycles. The average molecular weight is 309 g/mol. The van der Waals surface area contributed by atoms with E-state index in [4.69, 9.17) is 0 Å². The Morgan fingerprint density at radius 1 is 1.18 bits per heavy atom. The summed E-state index contributed by atoms with van der Waals surface area (Å²) in [6.45, 7) is 1.57. The van der Waals surface area contributed by atoms with Crippen molar-refractivity contribution in [2.75, 3.05) is 18.0 Å². The minimum atomic E-state index is -4.34. The van der Waals surface area contributed by atoms with Crippen molar-refractivity contribution in [1.82, 2.24) is 4.98 Å². The van der Waals surface area contributed by atoms with E-state index in [0.717, 1.165) is 38.4 Å². The second-order valence-corrected chi connectivity index (χ2v) is 4.92. The number of piperidine rings is 1. The number of aromatic nitrogens is 1. The maximum Gasteiger partial charge on any atom is 0.417 e. The van der Waals surface area contributed by atoms with Crippen LogP contribution in [-0.4, -0.2) is 18.1 Å². The lowest BCUT2D eigenvalue weighted by molar-refractivity contribution is -0.138. The van der Waals surface area contributed by atoms with Crippen LogP contribution in [0.5, 0.6) is 0 Å². The number of hydrogen-bond donors (Lipinski definition) is 0. The van der Waals surface area contributed by atoms with Gasteiger partial charge in [-0.1, -0.05) is 0 Å². The van der Waals surface area contributed by atoms with Crippen molar-refractivity contribution in [3.05, 3.63) is 22.3 Å². The van der Waals surface area contributed by atoms with Crippen LogP contribution in [0.2, 0.25) is 0 Å². The van der Waals surface area contributed by atoms with Crippen LogP contribution in [0.25, 0.3) is 0 Å². The van der Waals surface area contributed by atoms with Gasteiger partial charge in [0, 0.05) is 23.8 Å². The highest BCUT2D eigenvalue weighted by molar-refractivity contribution is 9.10. The van der Waals surface area contributed by atoms with E-state index in [9.17, 15) is 13.2 Å². The van der Waals surface area contributed by atoms with E-state index in [-0.39, 0.29) is 4.47 Å². The predicted molar refractivity (Wildman–Crippen MR) is 63.0 cm³/mol. The molecule has 1 fully saturated rings. The van der Waals surface area contributed by atoms with Gasteiger partial charge in [0.1, 0.15) is 5.82 Å². The summed E-state index contributed by atoms with van der Waals surface area (Å²) < 4.78 is 38.2. The Morgan fingerprint density at radius 3 is 2.41 bits per heavy atom. The minimum absolute atomic E-state index is 0.00856. The van der Waals surface area contributed by atoms with Crippen LogP contribution in [0.4, 0.5) is 19.0 Å². The topological polar surface area (TPSA) is 16.1 Å². The van der Waals surface area contributed by atoms with Gasteiger partial charge in [-0.25, -0.2) is 4.98 Å². The van der Waals surface area contributed by atoms with E-state index in [1.807, 2.05) is 4.90 Å². The molecule has 0 saturated carbocycles. The first kappa shape index (κ1) is 12.7. The Bertz CT molecular complexity index is 400. The standard InChI is InChI=1S/C11H12BrF3N2/c12-9-7-16-10(6-8(9)11(13,14)15)17-4-2-1-3-5-17/h6-7H,1-5H2. The third-order valence-electron chi connectivity index (χ3n) is 2.83. The SMILES string of the molecule is FC(F)(F)c1cc(N2CCCCC2)ncc1Br. The first-order valence-electron chi connectivity index (χ1n) is 5.46. The lowest BCUT2D eigenvalue weighted by atomic mass is 10.1. The second kappa shape index (κ2) is 4.84. The molecule has 0 unspecified atom stereocenters. The Morgan fingerprint density at radius 2 is 1.82 bits per heavy atom. The van der Waals surface area contributed by atoms with Gasteiger partial charge in [0.15, 0.2) is 0 Å². The van der Waals surface area contributed by atoms with Crippen LogP contribution in [0, 0.1) is 0 Å². The maximum absolute atomic E-state index is 12.7. The number of anilines is 1. The van der Waals surface area contributed by atoms with Gasteiger partial charge in [0.05, 0.1) is 5.56 Å². The van der Waals surface area contributed by atoms with E-state index in [1.54, 1.807) is 0 Å². The molecule has 1 aromatic heterocycles. The van der Waals surface area contributed by atoms with E-state index in [1.165, 1.54) is 6.20 Å². The Kier molecular flexibility index (Phi) is 3.61. The van der Waals surface area contributed by atoms with E-state index in [2.05, 4.69) is 20.9 Å². The molecule has 0 spiro atoms. The van der Waals surface area contributed by atoms with Gasteiger partial charge >= 0.3 is 6.18 Å². The van der Waals surface area contributed by atoms with E-state index >= 15 is 0 Å². The number of rotatable bonds is 1. The van der Waals surface area contributed by atoms with Gasteiger partial charge in [-0.15, -0.1) is 0 Å². The fraction of sp³-hybridized carbons (Fsp3) is 0.545. The summed E-state index contributed by atoms with van der Waals surface area (Å²) in [5.74, 6) is 0.417. The van der Waals surface area contributed by atoms with Crippen LogP contribution in [0.15, 0.2) is 16.7 Å². The highest BCUT2D eigenvalue weighted by Gasteiger charge is 2.34. The molecule has 0 aromatic carbocycles.